The van der Waals surface area contributed by atoms with E-state index < -0.39 is 0 Å². The van der Waals surface area contributed by atoms with Gasteiger partial charge in [0.15, 0.2) is 5.82 Å². The Morgan fingerprint density at radius 3 is 2.92 bits per heavy atom. The van der Waals surface area contributed by atoms with Crippen molar-refractivity contribution in [3.63, 3.8) is 0 Å². The second-order valence-corrected chi connectivity index (χ2v) is 7.10. The van der Waals surface area contributed by atoms with Gasteiger partial charge in [0.25, 0.3) is 0 Å². The molecule has 1 aliphatic rings. The van der Waals surface area contributed by atoms with E-state index in [1.807, 2.05) is 6.92 Å². The van der Waals surface area contributed by atoms with Crippen molar-refractivity contribution in [3.8, 4) is 0 Å². The van der Waals surface area contributed by atoms with Crippen LogP contribution in [0.2, 0.25) is 5.15 Å². The maximum atomic E-state index is 9.70. The van der Waals surface area contributed by atoms with E-state index in [0.717, 1.165) is 24.4 Å². The van der Waals surface area contributed by atoms with E-state index in [1.165, 1.54) is 0 Å². The zero-order chi connectivity index (χ0) is 18.4. The number of nitrogens with two attached hydrogens (primary N) is 1. The van der Waals surface area contributed by atoms with Gasteiger partial charge in [0.2, 0.25) is 0 Å². The van der Waals surface area contributed by atoms with Gasteiger partial charge < -0.3 is 20.5 Å². The first-order chi connectivity index (χ1) is 11.9. The standard InChI is InChI=1S/C18H29ClN4O2/c1-12(14(3)24)4-5-15(6-7-20)18-21-16(19)10-17(22-18)23-8-9-25-11-13(23)2/h5,10,12-14,24H,4,6-9,11,20H2,1-3H3/b15-5+/t12?,13-,14+/m1/s1. The first kappa shape index (κ1) is 20.1. The van der Waals surface area contributed by atoms with Crippen molar-refractivity contribution < 1.29 is 9.84 Å². The van der Waals surface area contributed by atoms with Crippen molar-refractivity contribution in [2.24, 2.45) is 11.7 Å². The first-order valence-electron chi connectivity index (χ1n) is 8.88. The molecule has 1 fully saturated rings. The van der Waals surface area contributed by atoms with Crippen LogP contribution in [0.5, 0.6) is 0 Å². The molecule has 0 saturated carbocycles. The highest BCUT2D eigenvalue weighted by Crippen LogP contribution is 2.25. The Balaban J connectivity index is 2.29. The highest BCUT2D eigenvalue weighted by Gasteiger charge is 2.22. The van der Waals surface area contributed by atoms with E-state index in [-0.39, 0.29) is 18.1 Å². The lowest BCUT2D eigenvalue weighted by Crippen LogP contribution is -2.44. The maximum absolute atomic E-state index is 9.70. The molecule has 2 heterocycles. The van der Waals surface area contributed by atoms with Crippen LogP contribution in [-0.4, -0.2) is 53.5 Å². The summed E-state index contributed by atoms with van der Waals surface area (Å²) in [5.74, 6) is 1.59. The van der Waals surface area contributed by atoms with Gasteiger partial charge in [-0.2, -0.15) is 0 Å². The molecule has 25 heavy (non-hydrogen) atoms. The lowest BCUT2D eigenvalue weighted by Gasteiger charge is -2.34. The molecular formula is C18H29ClN4O2. The third-order valence-electron chi connectivity index (χ3n) is 4.60. The number of hydrogen-bond acceptors (Lipinski definition) is 6. The topological polar surface area (TPSA) is 84.5 Å². The van der Waals surface area contributed by atoms with Crippen LogP contribution in [0.15, 0.2) is 12.1 Å². The molecular weight excluding hydrogens is 340 g/mol. The number of nitrogens with zero attached hydrogens (tertiary/aromatic N) is 3. The largest absolute Gasteiger partial charge is 0.393 e. The van der Waals surface area contributed by atoms with E-state index >= 15 is 0 Å². The summed E-state index contributed by atoms with van der Waals surface area (Å²) < 4.78 is 5.50. The minimum atomic E-state index is -0.361. The highest BCUT2D eigenvalue weighted by atomic mass is 35.5. The number of aliphatic hydroxyl groups is 1. The Bertz CT molecular complexity index is 594. The molecule has 0 radical (unpaired) electrons. The quantitative estimate of drug-likeness (QED) is 0.719. The van der Waals surface area contributed by atoms with Crippen molar-refractivity contribution in [2.45, 2.75) is 45.8 Å². The molecule has 0 bridgehead atoms. The van der Waals surface area contributed by atoms with E-state index in [4.69, 9.17) is 27.1 Å². The van der Waals surface area contributed by atoms with Gasteiger partial charge in [0.1, 0.15) is 11.0 Å². The number of aliphatic hydroxyl groups excluding tert-OH is 1. The number of hydrogen-bond donors (Lipinski definition) is 2. The van der Waals surface area contributed by atoms with Crippen LogP contribution < -0.4 is 10.6 Å². The molecule has 1 saturated heterocycles. The first-order valence-corrected chi connectivity index (χ1v) is 9.26. The number of allylic oxidation sites excluding steroid dienone is 1. The van der Waals surface area contributed by atoms with Crippen LogP contribution >= 0.6 is 11.6 Å². The van der Waals surface area contributed by atoms with E-state index in [1.54, 1.807) is 13.0 Å². The van der Waals surface area contributed by atoms with Gasteiger partial charge in [-0.3, -0.25) is 0 Å². The molecule has 0 spiro atoms. The molecule has 0 aliphatic carbocycles. The normalized spacial score (nSPS) is 21.3. The van der Waals surface area contributed by atoms with Gasteiger partial charge in [-0.25, -0.2) is 9.97 Å². The molecule has 0 amide bonds. The van der Waals surface area contributed by atoms with Gasteiger partial charge in [0.05, 0.1) is 25.4 Å². The Morgan fingerprint density at radius 2 is 2.28 bits per heavy atom. The van der Waals surface area contributed by atoms with Gasteiger partial charge in [0, 0.05) is 12.6 Å². The number of morpholine rings is 1. The Hall–Kier alpha value is -1.21. The summed E-state index contributed by atoms with van der Waals surface area (Å²) in [6.45, 7) is 8.57. The Labute approximate surface area is 155 Å². The van der Waals surface area contributed by atoms with Crippen molar-refractivity contribution in [1.82, 2.24) is 9.97 Å². The fourth-order valence-electron chi connectivity index (χ4n) is 2.75. The van der Waals surface area contributed by atoms with Crippen molar-refractivity contribution in [3.05, 3.63) is 23.1 Å². The zero-order valence-corrected chi connectivity index (χ0v) is 16.0. The molecule has 1 unspecified atom stereocenters. The molecule has 3 N–H and O–H groups in total. The van der Waals surface area contributed by atoms with E-state index in [2.05, 4.69) is 22.9 Å². The summed E-state index contributed by atoms with van der Waals surface area (Å²) in [5.41, 5.74) is 6.74. The predicted molar refractivity (Wildman–Crippen MR) is 102 cm³/mol. The van der Waals surface area contributed by atoms with E-state index in [9.17, 15) is 5.11 Å². The second-order valence-electron chi connectivity index (χ2n) is 6.71. The molecule has 1 aliphatic heterocycles. The van der Waals surface area contributed by atoms with Gasteiger partial charge >= 0.3 is 0 Å². The van der Waals surface area contributed by atoms with Crippen LogP contribution in [0, 0.1) is 5.92 Å². The summed E-state index contributed by atoms with van der Waals surface area (Å²) in [5, 5.41) is 10.1. The monoisotopic (exact) mass is 368 g/mol. The SMILES string of the molecule is CC(C/C=C(\CCN)c1nc(Cl)cc(N2CCOC[C@H]2C)n1)[C@H](C)O. The molecule has 2 rings (SSSR count). The molecule has 6 nitrogen and oxygen atoms in total. The Morgan fingerprint density at radius 1 is 1.52 bits per heavy atom. The molecule has 140 valence electrons. The van der Waals surface area contributed by atoms with Crippen molar-refractivity contribution in [2.75, 3.05) is 31.2 Å². The minimum Gasteiger partial charge on any atom is -0.393 e. The van der Waals surface area contributed by atoms with Crippen LogP contribution in [-0.2, 0) is 4.74 Å². The number of anilines is 1. The van der Waals surface area contributed by atoms with Gasteiger partial charge in [-0.05, 0) is 44.7 Å². The minimum absolute atomic E-state index is 0.158. The van der Waals surface area contributed by atoms with Crippen molar-refractivity contribution in [1.29, 1.82) is 0 Å². The zero-order valence-electron chi connectivity index (χ0n) is 15.3. The number of ether oxygens (including phenoxy) is 1. The molecule has 7 heteroatoms. The summed E-state index contributed by atoms with van der Waals surface area (Å²) in [7, 11) is 0. The van der Waals surface area contributed by atoms with Crippen molar-refractivity contribution >= 4 is 23.0 Å². The number of aromatic nitrogens is 2. The molecule has 3 atom stereocenters. The predicted octanol–water partition coefficient (Wildman–Crippen LogP) is 2.49. The summed E-state index contributed by atoms with van der Waals surface area (Å²) in [6, 6.07) is 2.04. The number of halogens is 1. The third kappa shape index (κ3) is 5.64. The summed E-state index contributed by atoms with van der Waals surface area (Å²) in [6.07, 6.45) is 3.12. The van der Waals surface area contributed by atoms with E-state index in [0.29, 0.717) is 37.2 Å². The highest BCUT2D eigenvalue weighted by molar-refractivity contribution is 6.29. The molecule has 1 aromatic heterocycles. The third-order valence-corrected chi connectivity index (χ3v) is 4.80. The summed E-state index contributed by atoms with van der Waals surface area (Å²) in [4.78, 5) is 11.3. The van der Waals surface area contributed by atoms with Crippen LogP contribution in [0.1, 0.15) is 39.4 Å². The second kappa shape index (κ2) is 9.48. The molecule has 0 aromatic carbocycles. The molecule has 1 aromatic rings. The Kier molecular flexibility index (Phi) is 7.62. The van der Waals surface area contributed by atoms with Crippen LogP contribution in [0.25, 0.3) is 5.57 Å². The lowest BCUT2D eigenvalue weighted by molar-refractivity contribution is 0.0985. The fourth-order valence-corrected chi connectivity index (χ4v) is 2.93. The smallest absolute Gasteiger partial charge is 0.158 e. The number of rotatable bonds is 7. The average molecular weight is 369 g/mol. The van der Waals surface area contributed by atoms with Crippen LogP contribution in [0.3, 0.4) is 0 Å². The van der Waals surface area contributed by atoms with Gasteiger partial charge in [-0.15, -0.1) is 0 Å². The fraction of sp³-hybridized carbons (Fsp3) is 0.667. The maximum Gasteiger partial charge on any atom is 0.158 e. The lowest BCUT2D eigenvalue weighted by atomic mass is 9.99. The van der Waals surface area contributed by atoms with Gasteiger partial charge in [-0.1, -0.05) is 24.6 Å². The average Bonchev–Trinajstić information content (AvgIpc) is 2.58. The summed E-state index contributed by atoms with van der Waals surface area (Å²) >= 11 is 6.27. The van der Waals surface area contributed by atoms with Crippen LogP contribution in [0.4, 0.5) is 5.82 Å².